The molecule has 0 atom stereocenters. The van der Waals surface area contributed by atoms with Crippen molar-refractivity contribution in [1.29, 1.82) is 0 Å². The lowest BCUT2D eigenvalue weighted by molar-refractivity contribution is -0.116. The first-order valence-corrected chi connectivity index (χ1v) is 10.5. The molecule has 0 spiro atoms. The topological polar surface area (TPSA) is 116 Å². The molecule has 1 aliphatic heterocycles. The van der Waals surface area contributed by atoms with Crippen LogP contribution >= 0.6 is 0 Å². The third kappa shape index (κ3) is 5.44. The minimum atomic E-state index is -3.80. The van der Waals surface area contributed by atoms with Crippen LogP contribution in [0.4, 0.5) is 11.4 Å². The van der Waals surface area contributed by atoms with Gasteiger partial charge in [0.2, 0.25) is 15.9 Å². The van der Waals surface area contributed by atoms with Crippen LogP contribution in [-0.4, -0.2) is 57.1 Å². The highest BCUT2D eigenvalue weighted by Gasteiger charge is 2.18. The van der Waals surface area contributed by atoms with Gasteiger partial charge in [0.05, 0.1) is 4.90 Å². The van der Waals surface area contributed by atoms with Crippen molar-refractivity contribution in [3.05, 3.63) is 48.5 Å². The maximum absolute atomic E-state index is 12.2. The summed E-state index contributed by atoms with van der Waals surface area (Å²) < 4.78 is 22.8. The van der Waals surface area contributed by atoms with Crippen molar-refractivity contribution in [2.75, 3.05) is 42.9 Å². The quantitative estimate of drug-likeness (QED) is 0.666. The summed E-state index contributed by atoms with van der Waals surface area (Å²) in [5, 5.41) is 17.2. The zero-order valence-corrected chi connectivity index (χ0v) is 16.2. The highest BCUT2D eigenvalue weighted by atomic mass is 32.2. The Labute approximate surface area is 164 Å². The number of phenols is 1. The molecule has 1 heterocycles. The van der Waals surface area contributed by atoms with E-state index in [9.17, 15) is 18.3 Å². The monoisotopic (exact) mass is 404 g/mol. The van der Waals surface area contributed by atoms with Crippen molar-refractivity contribution in [2.45, 2.75) is 11.3 Å². The molecule has 0 bridgehead atoms. The van der Waals surface area contributed by atoms with Crippen LogP contribution in [0.15, 0.2) is 53.4 Å². The number of hydrogen-bond acceptors (Lipinski definition) is 6. The first-order valence-electron chi connectivity index (χ1n) is 9.00. The molecule has 0 aliphatic carbocycles. The predicted octanol–water partition coefficient (Wildman–Crippen LogP) is 1.19. The molecular weight excluding hydrogens is 380 g/mol. The number of carbonyl (C=O) groups excluding carboxylic acids is 1. The molecule has 1 fully saturated rings. The molecule has 1 saturated heterocycles. The van der Waals surface area contributed by atoms with Crippen molar-refractivity contribution < 1.29 is 18.3 Å². The van der Waals surface area contributed by atoms with Crippen molar-refractivity contribution in [3.63, 3.8) is 0 Å². The number of hydrogen-bond donors (Lipinski definition) is 3. The van der Waals surface area contributed by atoms with E-state index in [0.29, 0.717) is 18.7 Å². The Morgan fingerprint density at radius 2 is 1.75 bits per heavy atom. The fraction of sp³-hybridized carbons (Fsp3) is 0.316. The van der Waals surface area contributed by atoms with Crippen molar-refractivity contribution >= 4 is 27.3 Å². The van der Waals surface area contributed by atoms with Crippen LogP contribution in [0.2, 0.25) is 0 Å². The molecule has 3 rings (SSSR count). The Kier molecular flexibility index (Phi) is 6.18. The molecule has 2 aromatic rings. The summed E-state index contributed by atoms with van der Waals surface area (Å²) in [6, 6.07) is 13.1. The average molecular weight is 404 g/mol. The molecule has 28 heavy (non-hydrogen) atoms. The number of carbonyl (C=O) groups is 1. The van der Waals surface area contributed by atoms with Crippen LogP contribution in [0, 0.1) is 0 Å². The molecule has 0 radical (unpaired) electrons. The molecule has 0 saturated carbocycles. The molecule has 1 aliphatic rings. The molecule has 1 amide bonds. The number of nitrogens with one attached hydrogen (secondary N) is 1. The first kappa shape index (κ1) is 20.1. The number of rotatable bonds is 6. The maximum atomic E-state index is 12.2. The Bertz CT molecular complexity index is 923. The van der Waals surface area contributed by atoms with Crippen LogP contribution in [0.25, 0.3) is 0 Å². The van der Waals surface area contributed by atoms with Gasteiger partial charge in [-0.2, -0.15) is 0 Å². The summed E-state index contributed by atoms with van der Waals surface area (Å²) in [6.45, 7) is 4.01. The fourth-order valence-electron chi connectivity index (χ4n) is 3.13. The number of nitrogens with zero attached hydrogens (tertiary/aromatic N) is 2. The standard InChI is InChI=1S/C19H24N4O4S/c20-28(26,27)18-3-1-2-15(14-18)21-19(25)8-9-22-10-12-23(13-11-22)16-4-6-17(24)7-5-16/h1-7,14,24H,8-13H2,(H,21,25)(H2,20,26,27). The normalized spacial score (nSPS) is 15.4. The van der Waals surface area contributed by atoms with E-state index in [2.05, 4.69) is 15.1 Å². The van der Waals surface area contributed by atoms with E-state index in [1.807, 2.05) is 12.1 Å². The van der Waals surface area contributed by atoms with E-state index in [-0.39, 0.29) is 16.6 Å². The molecule has 4 N–H and O–H groups in total. The van der Waals surface area contributed by atoms with E-state index in [4.69, 9.17) is 5.14 Å². The van der Waals surface area contributed by atoms with Crippen LogP contribution in [-0.2, 0) is 14.8 Å². The van der Waals surface area contributed by atoms with Gasteiger partial charge in [0.15, 0.2) is 0 Å². The number of nitrogens with two attached hydrogens (primary N) is 1. The lowest BCUT2D eigenvalue weighted by atomic mass is 10.2. The number of sulfonamides is 1. The SMILES string of the molecule is NS(=O)(=O)c1cccc(NC(=O)CCN2CCN(c3ccc(O)cc3)CC2)c1. The van der Waals surface area contributed by atoms with Gasteiger partial charge in [-0.15, -0.1) is 0 Å². The maximum Gasteiger partial charge on any atom is 0.238 e. The van der Waals surface area contributed by atoms with Gasteiger partial charge in [-0.05, 0) is 42.5 Å². The summed E-state index contributed by atoms with van der Waals surface area (Å²) in [5.41, 5.74) is 1.48. The largest absolute Gasteiger partial charge is 0.508 e. The minimum Gasteiger partial charge on any atom is -0.508 e. The van der Waals surface area contributed by atoms with Gasteiger partial charge in [0.25, 0.3) is 0 Å². The van der Waals surface area contributed by atoms with Crippen molar-refractivity contribution in [3.8, 4) is 5.75 Å². The lowest BCUT2D eigenvalue weighted by Gasteiger charge is -2.36. The van der Waals surface area contributed by atoms with Gasteiger partial charge in [-0.3, -0.25) is 9.69 Å². The van der Waals surface area contributed by atoms with E-state index < -0.39 is 10.0 Å². The predicted molar refractivity (Wildman–Crippen MR) is 108 cm³/mol. The van der Waals surface area contributed by atoms with Gasteiger partial charge >= 0.3 is 0 Å². The summed E-state index contributed by atoms with van der Waals surface area (Å²) in [5.74, 6) is 0.0792. The Morgan fingerprint density at radius 3 is 2.39 bits per heavy atom. The zero-order valence-electron chi connectivity index (χ0n) is 15.4. The van der Waals surface area contributed by atoms with Crippen LogP contribution in [0.1, 0.15) is 6.42 Å². The molecule has 8 nitrogen and oxygen atoms in total. The summed E-state index contributed by atoms with van der Waals surface area (Å²) in [4.78, 5) is 16.6. The fourth-order valence-corrected chi connectivity index (χ4v) is 3.69. The average Bonchev–Trinajstić information content (AvgIpc) is 2.67. The van der Waals surface area contributed by atoms with Gasteiger partial charge in [0.1, 0.15) is 5.75 Å². The second-order valence-corrected chi connectivity index (χ2v) is 8.28. The molecule has 0 unspecified atom stereocenters. The molecule has 2 aromatic carbocycles. The Morgan fingerprint density at radius 1 is 1.07 bits per heavy atom. The Hall–Kier alpha value is -2.62. The highest BCUT2D eigenvalue weighted by molar-refractivity contribution is 7.89. The van der Waals surface area contributed by atoms with Crippen LogP contribution in [0.3, 0.4) is 0 Å². The number of aromatic hydroxyl groups is 1. The first-order chi connectivity index (χ1) is 13.3. The van der Waals surface area contributed by atoms with Gasteiger partial charge in [-0.1, -0.05) is 6.07 Å². The minimum absolute atomic E-state index is 0.0318. The van der Waals surface area contributed by atoms with Crippen LogP contribution < -0.4 is 15.4 Å². The third-order valence-electron chi connectivity index (χ3n) is 4.69. The van der Waals surface area contributed by atoms with Crippen LogP contribution in [0.5, 0.6) is 5.75 Å². The molecular formula is C19H24N4O4S. The molecule has 9 heteroatoms. The van der Waals surface area contributed by atoms with Gasteiger partial charge in [-0.25, -0.2) is 13.6 Å². The van der Waals surface area contributed by atoms with E-state index >= 15 is 0 Å². The van der Waals surface area contributed by atoms with E-state index in [0.717, 1.165) is 31.9 Å². The zero-order chi connectivity index (χ0) is 20.1. The second kappa shape index (κ2) is 8.59. The van der Waals surface area contributed by atoms with E-state index in [1.54, 1.807) is 18.2 Å². The Balaban J connectivity index is 1.45. The molecule has 150 valence electrons. The number of anilines is 2. The smallest absolute Gasteiger partial charge is 0.238 e. The third-order valence-corrected chi connectivity index (χ3v) is 5.60. The van der Waals surface area contributed by atoms with Gasteiger partial charge in [0, 0.05) is 50.5 Å². The summed E-state index contributed by atoms with van der Waals surface area (Å²) in [6.07, 6.45) is 0.318. The van der Waals surface area contributed by atoms with Crippen molar-refractivity contribution in [2.24, 2.45) is 5.14 Å². The number of piperazine rings is 1. The molecule has 0 aromatic heterocycles. The second-order valence-electron chi connectivity index (χ2n) is 6.72. The number of amides is 1. The summed E-state index contributed by atoms with van der Waals surface area (Å²) in [7, 11) is -3.80. The highest BCUT2D eigenvalue weighted by Crippen LogP contribution is 2.20. The van der Waals surface area contributed by atoms with Gasteiger partial charge < -0.3 is 15.3 Å². The number of benzene rings is 2. The lowest BCUT2D eigenvalue weighted by Crippen LogP contribution is -2.47. The van der Waals surface area contributed by atoms with Crippen molar-refractivity contribution in [1.82, 2.24) is 4.90 Å². The summed E-state index contributed by atoms with van der Waals surface area (Å²) >= 11 is 0. The number of primary sulfonamides is 1. The number of phenolic OH excluding ortho intramolecular Hbond substituents is 1. The van der Waals surface area contributed by atoms with E-state index in [1.165, 1.54) is 18.2 Å².